The minimum absolute atomic E-state index is 0.0898. The second kappa shape index (κ2) is 64.1. The number of allylic oxidation sites excluding steroid dienone is 22. The largest absolute Gasteiger partial charge is 0.462 e. The summed E-state index contributed by atoms with van der Waals surface area (Å²) < 4.78 is 16.8. The van der Waals surface area contributed by atoms with E-state index in [9.17, 15) is 14.4 Å². The average Bonchev–Trinajstić information content (AvgIpc) is 3.43. The van der Waals surface area contributed by atoms with Crippen molar-refractivity contribution in [2.75, 3.05) is 13.2 Å². The van der Waals surface area contributed by atoms with Gasteiger partial charge < -0.3 is 14.2 Å². The van der Waals surface area contributed by atoms with Crippen LogP contribution in [0.15, 0.2) is 134 Å². The van der Waals surface area contributed by atoms with Crippen LogP contribution in [0.25, 0.3) is 0 Å². The topological polar surface area (TPSA) is 78.9 Å². The third kappa shape index (κ3) is 62.3. The summed E-state index contributed by atoms with van der Waals surface area (Å²) in [6.45, 7) is 6.46. The maximum Gasteiger partial charge on any atom is 0.306 e. The van der Waals surface area contributed by atoms with E-state index in [0.29, 0.717) is 19.3 Å². The summed E-state index contributed by atoms with van der Waals surface area (Å²) in [4.78, 5) is 38.2. The quantitative estimate of drug-likeness (QED) is 0.0261. The maximum absolute atomic E-state index is 12.9. The van der Waals surface area contributed by atoms with E-state index in [4.69, 9.17) is 14.2 Å². The Morgan fingerprint density at radius 1 is 0.273 bits per heavy atom. The lowest BCUT2D eigenvalue weighted by molar-refractivity contribution is -0.167. The molecule has 0 saturated heterocycles. The van der Waals surface area contributed by atoms with Crippen LogP contribution in [0.1, 0.15) is 278 Å². The number of carbonyl (C=O) groups is 3. The van der Waals surface area contributed by atoms with Gasteiger partial charge in [0, 0.05) is 19.3 Å². The highest BCUT2D eigenvalue weighted by Gasteiger charge is 2.19. The molecule has 0 saturated carbocycles. The number of hydrogen-bond acceptors (Lipinski definition) is 6. The third-order valence-corrected chi connectivity index (χ3v) is 13.1. The van der Waals surface area contributed by atoms with Gasteiger partial charge in [0.2, 0.25) is 0 Å². The molecule has 0 aromatic carbocycles. The standard InChI is InChI=1S/C71H116O6/c1-4-7-10-13-16-19-21-23-25-27-29-30-31-32-33-34-35-36-37-38-39-40-42-43-45-47-49-52-55-58-61-64-70(73)76-67-68(66-75-69(72)63-60-57-54-51-18-15-12-9-6-3)77-71(74)65-62-59-56-53-50-48-46-44-41-28-26-24-22-20-17-14-11-8-5-2/h7,10,16-17,19-20,23-26,29-30,32-33,35-36,38-39,41-44,68H,4-6,8-9,11-15,18,21-22,27-28,31,34,37,40,45-67H2,1-3H3/b10-7-,19-16-,20-17-,25-23-,26-24-,30-29-,33-32-,36-35-,39-38-,43-42-,44-41-. The van der Waals surface area contributed by atoms with Crippen molar-refractivity contribution >= 4 is 17.9 Å². The Bertz CT molecular complexity index is 1650. The third-order valence-electron chi connectivity index (χ3n) is 13.1. The lowest BCUT2D eigenvalue weighted by atomic mass is 10.1. The fourth-order valence-electron chi connectivity index (χ4n) is 8.41. The summed E-state index contributed by atoms with van der Waals surface area (Å²) in [5.41, 5.74) is 0. The predicted molar refractivity (Wildman–Crippen MR) is 334 cm³/mol. The van der Waals surface area contributed by atoms with Gasteiger partial charge in [-0.3, -0.25) is 14.4 Å². The highest BCUT2D eigenvalue weighted by molar-refractivity contribution is 5.71. The van der Waals surface area contributed by atoms with E-state index in [-0.39, 0.29) is 31.1 Å². The van der Waals surface area contributed by atoms with Gasteiger partial charge in [-0.1, -0.05) is 270 Å². The Morgan fingerprint density at radius 3 is 0.818 bits per heavy atom. The summed E-state index contributed by atoms with van der Waals surface area (Å²) in [6.07, 6.45) is 90.3. The van der Waals surface area contributed by atoms with E-state index in [1.54, 1.807) is 0 Å². The first-order valence-electron chi connectivity index (χ1n) is 31.7. The first-order chi connectivity index (χ1) is 38.0. The van der Waals surface area contributed by atoms with Crippen molar-refractivity contribution in [3.05, 3.63) is 134 Å². The monoisotopic (exact) mass is 1060 g/mol. The number of rotatable bonds is 56. The van der Waals surface area contributed by atoms with Crippen molar-refractivity contribution in [2.24, 2.45) is 0 Å². The molecule has 1 unspecified atom stereocenters. The van der Waals surface area contributed by atoms with Crippen LogP contribution < -0.4 is 0 Å². The van der Waals surface area contributed by atoms with E-state index in [0.717, 1.165) is 148 Å². The first-order valence-corrected chi connectivity index (χ1v) is 31.7. The highest BCUT2D eigenvalue weighted by atomic mass is 16.6. The molecule has 0 radical (unpaired) electrons. The van der Waals surface area contributed by atoms with Crippen molar-refractivity contribution in [1.82, 2.24) is 0 Å². The first kappa shape index (κ1) is 72.5. The van der Waals surface area contributed by atoms with Crippen molar-refractivity contribution in [3.8, 4) is 0 Å². The molecule has 0 aromatic heterocycles. The van der Waals surface area contributed by atoms with Gasteiger partial charge in [0.1, 0.15) is 13.2 Å². The van der Waals surface area contributed by atoms with E-state index < -0.39 is 6.10 Å². The van der Waals surface area contributed by atoms with Gasteiger partial charge in [-0.05, 0) is 122 Å². The molecule has 6 heteroatoms. The van der Waals surface area contributed by atoms with Gasteiger partial charge in [-0.15, -0.1) is 0 Å². The minimum atomic E-state index is -0.794. The molecule has 0 aromatic rings. The lowest BCUT2D eigenvalue weighted by Gasteiger charge is -2.18. The summed E-state index contributed by atoms with van der Waals surface area (Å²) in [6, 6.07) is 0. The minimum Gasteiger partial charge on any atom is -0.462 e. The fraction of sp³-hybridized carbons (Fsp3) is 0.648. The maximum atomic E-state index is 12.9. The Morgan fingerprint density at radius 2 is 0.506 bits per heavy atom. The molecule has 0 fully saturated rings. The zero-order chi connectivity index (χ0) is 55.7. The van der Waals surface area contributed by atoms with E-state index >= 15 is 0 Å². The summed E-state index contributed by atoms with van der Waals surface area (Å²) in [7, 11) is 0. The second-order valence-electron chi connectivity index (χ2n) is 20.6. The van der Waals surface area contributed by atoms with Crippen molar-refractivity contribution in [3.63, 3.8) is 0 Å². The molecule has 436 valence electrons. The average molecular weight is 1070 g/mol. The normalized spacial score (nSPS) is 13.0. The number of unbranched alkanes of at least 4 members (excludes halogenated alkanes) is 23. The van der Waals surface area contributed by atoms with E-state index in [1.165, 1.54) is 89.9 Å². The number of ether oxygens (including phenoxy) is 3. The van der Waals surface area contributed by atoms with Crippen LogP contribution in [0.4, 0.5) is 0 Å². The molecule has 77 heavy (non-hydrogen) atoms. The van der Waals surface area contributed by atoms with Crippen LogP contribution in [-0.2, 0) is 28.6 Å². The summed E-state index contributed by atoms with van der Waals surface area (Å²) in [5.74, 6) is -0.920. The Kier molecular flexibility index (Phi) is 60.4. The molecule has 0 amide bonds. The number of esters is 3. The molecule has 0 aliphatic rings. The zero-order valence-corrected chi connectivity index (χ0v) is 49.9. The van der Waals surface area contributed by atoms with Gasteiger partial charge in [0.25, 0.3) is 0 Å². The van der Waals surface area contributed by atoms with Gasteiger partial charge in [-0.25, -0.2) is 0 Å². The van der Waals surface area contributed by atoms with Crippen molar-refractivity contribution < 1.29 is 28.6 Å². The number of hydrogen-bond donors (Lipinski definition) is 0. The van der Waals surface area contributed by atoms with E-state index in [2.05, 4.69) is 154 Å². The van der Waals surface area contributed by atoms with Crippen molar-refractivity contribution in [2.45, 2.75) is 284 Å². The molecule has 0 aliphatic heterocycles. The summed E-state index contributed by atoms with van der Waals surface area (Å²) >= 11 is 0. The van der Waals surface area contributed by atoms with Gasteiger partial charge >= 0.3 is 17.9 Å². The molecule has 0 N–H and O–H groups in total. The second-order valence-corrected chi connectivity index (χ2v) is 20.6. The zero-order valence-electron chi connectivity index (χ0n) is 49.9. The van der Waals surface area contributed by atoms with Crippen LogP contribution in [0.2, 0.25) is 0 Å². The molecule has 6 nitrogen and oxygen atoms in total. The fourth-order valence-corrected chi connectivity index (χ4v) is 8.41. The molecule has 0 spiro atoms. The molecular weight excluding hydrogens is 949 g/mol. The predicted octanol–water partition coefficient (Wildman–Crippen LogP) is 21.8. The Balaban J connectivity index is 4.29. The molecule has 1 atom stereocenters. The highest BCUT2D eigenvalue weighted by Crippen LogP contribution is 2.14. The van der Waals surface area contributed by atoms with E-state index in [1.807, 2.05) is 0 Å². The van der Waals surface area contributed by atoms with Crippen LogP contribution in [0.5, 0.6) is 0 Å². The van der Waals surface area contributed by atoms with Gasteiger partial charge in [-0.2, -0.15) is 0 Å². The van der Waals surface area contributed by atoms with Gasteiger partial charge in [0.05, 0.1) is 0 Å². The van der Waals surface area contributed by atoms with Crippen LogP contribution >= 0.6 is 0 Å². The number of carbonyl (C=O) groups excluding carboxylic acids is 3. The molecule has 0 heterocycles. The van der Waals surface area contributed by atoms with Crippen molar-refractivity contribution in [1.29, 1.82) is 0 Å². The van der Waals surface area contributed by atoms with Crippen LogP contribution in [-0.4, -0.2) is 37.2 Å². The molecular formula is C71H116O6. The molecule has 0 rings (SSSR count). The SMILES string of the molecule is CC/C=C\C/C=C\C/C=C\C/C=C\C/C=C\C/C=C\C/C=C\C/C=C\CCCCCCCCC(=O)OCC(COC(=O)CCCCCCCCCCC)OC(=O)CCCCCCCC/C=C\C/C=C\C/C=C\CCCCC. The Labute approximate surface area is 475 Å². The molecule has 0 aliphatic carbocycles. The van der Waals surface area contributed by atoms with Gasteiger partial charge in [0.15, 0.2) is 6.10 Å². The van der Waals surface area contributed by atoms with Crippen LogP contribution in [0, 0.1) is 0 Å². The van der Waals surface area contributed by atoms with Crippen LogP contribution in [0.3, 0.4) is 0 Å². The summed E-state index contributed by atoms with van der Waals surface area (Å²) in [5, 5.41) is 0. The smallest absolute Gasteiger partial charge is 0.306 e. The lowest BCUT2D eigenvalue weighted by Crippen LogP contribution is -2.30. The Hall–Kier alpha value is -4.45. The molecule has 0 bridgehead atoms.